The molecule has 5 nitrogen and oxygen atoms in total. The van der Waals surface area contributed by atoms with Crippen LogP contribution in [0.25, 0.3) is 0 Å². The van der Waals surface area contributed by atoms with E-state index in [9.17, 15) is 10.1 Å². The Labute approximate surface area is 94.3 Å². The van der Waals surface area contributed by atoms with Crippen LogP contribution in [0.15, 0.2) is 18.2 Å². The highest BCUT2D eigenvalue weighted by molar-refractivity contribution is 5.59. The second-order valence-corrected chi connectivity index (χ2v) is 3.88. The Morgan fingerprint density at radius 3 is 2.81 bits per heavy atom. The summed E-state index contributed by atoms with van der Waals surface area (Å²) in [5.41, 5.74) is 1.48. The first-order chi connectivity index (χ1) is 7.56. The van der Waals surface area contributed by atoms with Gasteiger partial charge in [0.25, 0.3) is 5.69 Å². The Balaban J connectivity index is 2.81. The van der Waals surface area contributed by atoms with Crippen LogP contribution in [0.2, 0.25) is 0 Å². The van der Waals surface area contributed by atoms with Crippen LogP contribution in [-0.4, -0.2) is 23.2 Å². The molecule has 1 unspecified atom stereocenters. The number of nitro benzene ring substituents is 1. The Hall–Kier alpha value is -1.62. The summed E-state index contributed by atoms with van der Waals surface area (Å²) in [6, 6.07) is 4.93. The zero-order valence-corrected chi connectivity index (χ0v) is 9.43. The van der Waals surface area contributed by atoms with Crippen molar-refractivity contribution in [3.63, 3.8) is 0 Å². The lowest BCUT2D eigenvalue weighted by atomic mass is 10.1. The number of nitro groups is 1. The van der Waals surface area contributed by atoms with Crippen molar-refractivity contribution in [2.45, 2.75) is 13.8 Å². The van der Waals surface area contributed by atoms with Crippen molar-refractivity contribution >= 4 is 11.4 Å². The largest absolute Gasteiger partial charge is 0.396 e. The smallest absolute Gasteiger partial charge is 0.274 e. The van der Waals surface area contributed by atoms with Crippen molar-refractivity contribution in [3.05, 3.63) is 33.9 Å². The quantitative estimate of drug-likeness (QED) is 0.592. The first-order valence-electron chi connectivity index (χ1n) is 5.15. The van der Waals surface area contributed by atoms with E-state index in [-0.39, 0.29) is 18.2 Å². The van der Waals surface area contributed by atoms with Crippen LogP contribution in [0.1, 0.15) is 12.5 Å². The van der Waals surface area contributed by atoms with E-state index in [0.29, 0.717) is 12.1 Å². The number of aliphatic hydroxyl groups is 1. The van der Waals surface area contributed by atoms with E-state index in [1.165, 1.54) is 6.07 Å². The summed E-state index contributed by atoms with van der Waals surface area (Å²) in [6.07, 6.45) is 0. The van der Waals surface area contributed by atoms with Gasteiger partial charge >= 0.3 is 0 Å². The molecule has 1 aromatic rings. The van der Waals surface area contributed by atoms with E-state index in [1.807, 2.05) is 6.92 Å². The monoisotopic (exact) mass is 224 g/mol. The SMILES string of the molecule is Cc1c(NCC(C)CO)cccc1[N+](=O)[O-]. The zero-order chi connectivity index (χ0) is 12.1. The molecule has 0 saturated carbocycles. The van der Waals surface area contributed by atoms with E-state index < -0.39 is 4.92 Å². The zero-order valence-electron chi connectivity index (χ0n) is 9.43. The molecule has 0 aromatic heterocycles. The number of nitrogens with zero attached hydrogens (tertiary/aromatic N) is 1. The van der Waals surface area contributed by atoms with Crippen molar-refractivity contribution in [2.75, 3.05) is 18.5 Å². The third-order valence-electron chi connectivity index (χ3n) is 2.45. The molecule has 1 rings (SSSR count). The van der Waals surface area contributed by atoms with E-state index in [0.717, 1.165) is 5.69 Å². The number of aliphatic hydroxyl groups excluding tert-OH is 1. The lowest BCUT2D eigenvalue weighted by Gasteiger charge is -2.12. The molecule has 88 valence electrons. The highest BCUT2D eigenvalue weighted by atomic mass is 16.6. The summed E-state index contributed by atoms with van der Waals surface area (Å²) in [7, 11) is 0. The second-order valence-electron chi connectivity index (χ2n) is 3.88. The molecule has 0 amide bonds. The molecule has 0 aliphatic rings. The van der Waals surface area contributed by atoms with Gasteiger partial charge in [0.2, 0.25) is 0 Å². The average molecular weight is 224 g/mol. The Morgan fingerprint density at radius 2 is 2.25 bits per heavy atom. The van der Waals surface area contributed by atoms with Gasteiger partial charge in [0.05, 0.1) is 4.92 Å². The molecule has 0 saturated heterocycles. The van der Waals surface area contributed by atoms with Crippen LogP contribution in [0.5, 0.6) is 0 Å². The highest BCUT2D eigenvalue weighted by Gasteiger charge is 2.13. The fourth-order valence-corrected chi connectivity index (χ4v) is 1.36. The van der Waals surface area contributed by atoms with Gasteiger partial charge in [-0.25, -0.2) is 0 Å². The van der Waals surface area contributed by atoms with E-state index in [1.54, 1.807) is 19.1 Å². The maximum Gasteiger partial charge on any atom is 0.274 e. The molecule has 0 aliphatic heterocycles. The van der Waals surface area contributed by atoms with E-state index in [2.05, 4.69) is 5.32 Å². The van der Waals surface area contributed by atoms with E-state index in [4.69, 9.17) is 5.11 Å². The molecule has 1 aromatic carbocycles. The van der Waals surface area contributed by atoms with Gasteiger partial charge in [0, 0.05) is 30.5 Å². The molecular formula is C11H16N2O3. The van der Waals surface area contributed by atoms with Crippen LogP contribution >= 0.6 is 0 Å². The average Bonchev–Trinajstić information content (AvgIpc) is 2.26. The lowest BCUT2D eigenvalue weighted by Crippen LogP contribution is -2.15. The van der Waals surface area contributed by atoms with Crippen LogP contribution < -0.4 is 5.32 Å². The van der Waals surface area contributed by atoms with Gasteiger partial charge in [-0.2, -0.15) is 0 Å². The first kappa shape index (κ1) is 12.4. The molecule has 0 aliphatic carbocycles. The maximum absolute atomic E-state index is 10.7. The minimum atomic E-state index is -0.393. The molecule has 0 radical (unpaired) electrons. The summed E-state index contributed by atoms with van der Waals surface area (Å²) >= 11 is 0. The Morgan fingerprint density at radius 1 is 1.56 bits per heavy atom. The minimum absolute atomic E-state index is 0.0982. The Kier molecular flexibility index (Phi) is 4.25. The fraction of sp³-hybridized carbons (Fsp3) is 0.455. The number of benzene rings is 1. The predicted molar refractivity (Wildman–Crippen MR) is 62.6 cm³/mol. The summed E-state index contributed by atoms with van der Waals surface area (Å²) in [4.78, 5) is 10.3. The molecule has 0 spiro atoms. The van der Waals surface area contributed by atoms with Gasteiger partial charge in [-0.05, 0) is 18.9 Å². The van der Waals surface area contributed by atoms with Gasteiger partial charge in [-0.15, -0.1) is 0 Å². The van der Waals surface area contributed by atoms with Crippen molar-refractivity contribution in [2.24, 2.45) is 5.92 Å². The number of anilines is 1. The van der Waals surface area contributed by atoms with Gasteiger partial charge in [-0.3, -0.25) is 10.1 Å². The van der Waals surface area contributed by atoms with Gasteiger partial charge < -0.3 is 10.4 Å². The van der Waals surface area contributed by atoms with Crippen molar-refractivity contribution in [1.82, 2.24) is 0 Å². The summed E-state index contributed by atoms with van der Waals surface area (Å²) in [5.74, 6) is 0.124. The lowest BCUT2D eigenvalue weighted by molar-refractivity contribution is -0.385. The molecular weight excluding hydrogens is 208 g/mol. The number of nitrogens with one attached hydrogen (secondary N) is 1. The molecule has 0 fully saturated rings. The minimum Gasteiger partial charge on any atom is -0.396 e. The van der Waals surface area contributed by atoms with Crippen molar-refractivity contribution in [3.8, 4) is 0 Å². The summed E-state index contributed by atoms with van der Waals surface area (Å²) in [6.45, 7) is 4.31. The van der Waals surface area contributed by atoms with Crippen molar-refractivity contribution < 1.29 is 10.0 Å². The van der Waals surface area contributed by atoms with Crippen LogP contribution in [0, 0.1) is 23.0 Å². The number of hydrogen-bond donors (Lipinski definition) is 2. The molecule has 0 heterocycles. The Bertz CT molecular complexity index is 379. The first-order valence-corrected chi connectivity index (χ1v) is 5.15. The summed E-state index contributed by atoms with van der Waals surface area (Å²) < 4.78 is 0. The molecule has 2 N–H and O–H groups in total. The normalized spacial score (nSPS) is 12.2. The number of rotatable bonds is 5. The van der Waals surface area contributed by atoms with Crippen LogP contribution in [0.4, 0.5) is 11.4 Å². The van der Waals surface area contributed by atoms with Crippen LogP contribution in [0.3, 0.4) is 0 Å². The van der Waals surface area contributed by atoms with Gasteiger partial charge in [0.15, 0.2) is 0 Å². The van der Waals surface area contributed by atoms with Gasteiger partial charge in [-0.1, -0.05) is 13.0 Å². The maximum atomic E-state index is 10.7. The molecule has 1 atom stereocenters. The highest BCUT2D eigenvalue weighted by Crippen LogP contribution is 2.24. The molecule has 16 heavy (non-hydrogen) atoms. The van der Waals surface area contributed by atoms with E-state index >= 15 is 0 Å². The van der Waals surface area contributed by atoms with Crippen molar-refractivity contribution in [1.29, 1.82) is 0 Å². The predicted octanol–water partition coefficient (Wildman–Crippen LogP) is 1.94. The van der Waals surface area contributed by atoms with Gasteiger partial charge in [0.1, 0.15) is 0 Å². The fourth-order valence-electron chi connectivity index (χ4n) is 1.36. The molecule has 0 bridgehead atoms. The molecule has 5 heteroatoms. The topological polar surface area (TPSA) is 75.4 Å². The third kappa shape index (κ3) is 2.93. The second kappa shape index (κ2) is 5.46. The third-order valence-corrected chi connectivity index (χ3v) is 2.45. The number of hydrogen-bond acceptors (Lipinski definition) is 4. The van der Waals surface area contributed by atoms with Crippen LogP contribution in [-0.2, 0) is 0 Å². The standard InChI is InChI=1S/C11H16N2O3/c1-8(7-14)6-12-10-4-3-5-11(9(10)2)13(15)16/h3-5,8,12,14H,6-7H2,1-2H3. The summed E-state index contributed by atoms with van der Waals surface area (Å²) in [5, 5.41) is 22.7.